The van der Waals surface area contributed by atoms with Crippen molar-refractivity contribution in [3.8, 4) is 11.5 Å². The van der Waals surface area contributed by atoms with Crippen molar-refractivity contribution in [1.82, 2.24) is 15.0 Å². The number of hydrogen-bond acceptors (Lipinski definition) is 5. The van der Waals surface area contributed by atoms with Crippen molar-refractivity contribution in [1.29, 1.82) is 0 Å². The summed E-state index contributed by atoms with van der Waals surface area (Å²) in [6.07, 6.45) is 1.59. The Morgan fingerprint density at radius 2 is 1.85 bits per heavy atom. The Morgan fingerprint density at radius 3 is 2.62 bits per heavy atom. The molecule has 0 fully saturated rings. The van der Waals surface area contributed by atoms with Gasteiger partial charge in [0.2, 0.25) is 5.95 Å². The predicted molar refractivity (Wildman–Crippen MR) is 104 cm³/mol. The van der Waals surface area contributed by atoms with Crippen molar-refractivity contribution in [2.24, 2.45) is 0 Å². The number of hydrogen-bond donors (Lipinski definition) is 3. The Labute approximate surface area is 155 Å². The second-order valence-electron chi connectivity index (χ2n) is 5.78. The first-order valence-electron chi connectivity index (χ1n) is 8.03. The zero-order valence-corrected chi connectivity index (χ0v) is 14.5. The van der Waals surface area contributed by atoms with Gasteiger partial charge >= 0.3 is 0 Å². The number of nitrogens with zero attached hydrogens (tertiary/aromatic N) is 2. The molecule has 0 radical (unpaired) electrons. The minimum Gasteiger partial charge on any atom is -0.456 e. The molecule has 7 heteroatoms. The van der Waals surface area contributed by atoms with Crippen molar-refractivity contribution in [3.05, 3.63) is 71.5 Å². The van der Waals surface area contributed by atoms with Crippen LogP contribution in [0.2, 0.25) is 5.15 Å². The van der Waals surface area contributed by atoms with E-state index in [2.05, 4.69) is 20.3 Å². The monoisotopic (exact) mass is 365 g/mol. The van der Waals surface area contributed by atoms with E-state index in [4.69, 9.17) is 22.1 Å². The van der Waals surface area contributed by atoms with Crippen LogP contribution in [0, 0.1) is 0 Å². The highest BCUT2D eigenvalue weighted by Crippen LogP contribution is 2.22. The number of rotatable bonds is 5. The molecule has 0 unspecified atom stereocenters. The number of benzene rings is 2. The molecule has 26 heavy (non-hydrogen) atoms. The van der Waals surface area contributed by atoms with Gasteiger partial charge in [0.05, 0.1) is 17.2 Å². The normalized spacial score (nSPS) is 10.8. The Bertz CT molecular complexity index is 1030. The van der Waals surface area contributed by atoms with E-state index in [1.807, 2.05) is 42.5 Å². The number of aromatic amines is 1. The van der Waals surface area contributed by atoms with Crippen LogP contribution in [0.1, 0.15) is 5.56 Å². The smallest absolute Gasteiger partial charge is 0.201 e. The molecule has 2 aromatic heterocycles. The van der Waals surface area contributed by atoms with Crippen molar-refractivity contribution in [2.45, 2.75) is 6.54 Å². The molecule has 0 bridgehead atoms. The third kappa shape index (κ3) is 3.70. The number of nitrogens with two attached hydrogens (primary N) is 1. The summed E-state index contributed by atoms with van der Waals surface area (Å²) in [7, 11) is 0. The van der Waals surface area contributed by atoms with Crippen LogP contribution in [0.4, 0.5) is 11.6 Å². The van der Waals surface area contributed by atoms with Crippen LogP contribution < -0.4 is 15.8 Å². The van der Waals surface area contributed by atoms with Crippen molar-refractivity contribution >= 4 is 34.3 Å². The molecule has 4 N–H and O–H groups in total. The SMILES string of the molecule is Nc1ccc2[nH]c(NCc3ccc(Oc4ccc(Cl)nc4)cc3)nc2c1. The molecular weight excluding hydrogens is 350 g/mol. The van der Waals surface area contributed by atoms with Crippen molar-refractivity contribution in [2.75, 3.05) is 11.1 Å². The van der Waals surface area contributed by atoms with Gasteiger partial charge in [0.15, 0.2) is 0 Å². The fourth-order valence-electron chi connectivity index (χ4n) is 2.53. The van der Waals surface area contributed by atoms with Crippen LogP contribution >= 0.6 is 11.6 Å². The lowest BCUT2D eigenvalue weighted by atomic mass is 10.2. The van der Waals surface area contributed by atoms with E-state index < -0.39 is 0 Å². The first kappa shape index (κ1) is 16.2. The van der Waals surface area contributed by atoms with E-state index in [9.17, 15) is 0 Å². The molecular formula is C19H16ClN5O. The van der Waals surface area contributed by atoms with E-state index in [0.29, 0.717) is 29.1 Å². The molecule has 0 saturated carbocycles. The molecule has 130 valence electrons. The number of fused-ring (bicyclic) bond motifs is 1. The van der Waals surface area contributed by atoms with E-state index in [-0.39, 0.29) is 0 Å². The van der Waals surface area contributed by atoms with Crippen LogP contribution in [0.25, 0.3) is 11.0 Å². The maximum absolute atomic E-state index is 5.78. The highest BCUT2D eigenvalue weighted by atomic mass is 35.5. The number of imidazole rings is 1. The van der Waals surface area contributed by atoms with Gasteiger partial charge in [0.1, 0.15) is 16.7 Å². The molecule has 2 aromatic carbocycles. The van der Waals surface area contributed by atoms with E-state index in [1.54, 1.807) is 18.3 Å². The maximum Gasteiger partial charge on any atom is 0.201 e. The van der Waals surface area contributed by atoms with Gasteiger partial charge in [-0.05, 0) is 48.0 Å². The molecule has 0 spiro atoms. The van der Waals surface area contributed by atoms with E-state index in [1.165, 1.54) is 0 Å². The van der Waals surface area contributed by atoms with Gasteiger partial charge in [-0.2, -0.15) is 0 Å². The molecule has 0 saturated heterocycles. The number of aromatic nitrogens is 3. The minimum absolute atomic E-state index is 0.437. The fourth-order valence-corrected chi connectivity index (χ4v) is 2.64. The zero-order chi connectivity index (χ0) is 17.9. The first-order chi connectivity index (χ1) is 12.7. The lowest BCUT2D eigenvalue weighted by Crippen LogP contribution is -2.00. The second kappa shape index (κ2) is 6.93. The Kier molecular flexibility index (Phi) is 4.33. The van der Waals surface area contributed by atoms with E-state index >= 15 is 0 Å². The summed E-state index contributed by atoms with van der Waals surface area (Å²) >= 11 is 5.77. The molecule has 0 aliphatic rings. The number of halogens is 1. The van der Waals surface area contributed by atoms with Crippen LogP contribution in [0.15, 0.2) is 60.8 Å². The molecule has 4 rings (SSSR count). The zero-order valence-electron chi connectivity index (χ0n) is 13.7. The summed E-state index contributed by atoms with van der Waals surface area (Å²) in [5.41, 5.74) is 9.36. The van der Waals surface area contributed by atoms with Gasteiger partial charge in [0, 0.05) is 12.2 Å². The standard InChI is InChI=1S/C19H16ClN5O/c20-18-8-6-15(11-22-18)26-14-4-1-12(2-5-14)10-23-19-24-16-7-3-13(21)9-17(16)25-19/h1-9,11H,10,21H2,(H2,23,24,25). The lowest BCUT2D eigenvalue weighted by molar-refractivity contribution is 0.480. The van der Waals surface area contributed by atoms with Gasteiger partial charge in [-0.25, -0.2) is 9.97 Å². The quantitative estimate of drug-likeness (QED) is 0.355. The summed E-state index contributed by atoms with van der Waals surface area (Å²) < 4.78 is 5.73. The fraction of sp³-hybridized carbons (Fsp3) is 0.0526. The Morgan fingerprint density at radius 1 is 1.04 bits per heavy atom. The van der Waals surface area contributed by atoms with Gasteiger partial charge < -0.3 is 20.8 Å². The number of H-pyrrole nitrogens is 1. The second-order valence-corrected chi connectivity index (χ2v) is 6.17. The minimum atomic E-state index is 0.437. The van der Waals surface area contributed by atoms with Gasteiger partial charge in [-0.15, -0.1) is 0 Å². The summed E-state index contributed by atoms with van der Waals surface area (Å²) in [5.74, 6) is 2.08. The number of nitrogens with one attached hydrogen (secondary N) is 2. The highest BCUT2D eigenvalue weighted by molar-refractivity contribution is 6.29. The summed E-state index contributed by atoms with van der Waals surface area (Å²) in [6.45, 7) is 0.637. The lowest BCUT2D eigenvalue weighted by Gasteiger charge is -2.07. The maximum atomic E-state index is 5.78. The van der Waals surface area contributed by atoms with Crippen LogP contribution in [0.3, 0.4) is 0 Å². The van der Waals surface area contributed by atoms with Crippen molar-refractivity contribution in [3.63, 3.8) is 0 Å². The summed E-state index contributed by atoms with van der Waals surface area (Å²) in [4.78, 5) is 11.7. The predicted octanol–water partition coefficient (Wildman–Crippen LogP) is 4.60. The van der Waals surface area contributed by atoms with Crippen LogP contribution in [0.5, 0.6) is 11.5 Å². The molecule has 0 aliphatic carbocycles. The van der Waals surface area contributed by atoms with Gasteiger partial charge in [-0.1, -0.05) is 23.7 Å². The molecule has 4 aromatic rings. The Balaban J connectivity index is 1.39. The Hall–Kier alpha value is -3.25. The highest BCUT2D eigenvalue weighted by Gasteiger charge is 2.03. The first-order valence-corrected chi connectivity index (χ1v) is 8.41. The average molecular weight is 366 g/mol. The van der Waals surface area contributed by atoms with Crippen molar-refractivity contribution < 1.29 is 4.74 Å². The van der Waals surface area contributed by atoms with Gasteiger partial charge in [-0.3, -0.25) is 0 Å². The topological polar surface area (TPSA) is 88.9 Å². The molecule has 0 amide bonds. The summed E-state index contributed by atoms with van der Waals surface area (Å²) in [6, 6.07) is 16.9. The molecule has 2 heterocycles. The van der Waals surface area contributed by atoms with Gasteiger partial charge in [0.25, 0.3) is 0 Å². The van der Waals surface area contributed by atoms with Crippen LogP contribution in [-0.4, -0.2) is 15.0 Å². The summed E-state index contributed by atoms with van der Waals surface area (Å²) in [5, 5.41) is 3.71. The number of ether oxygens (including phenoxy) is 1. The largest absolute Gasteiger partial charge is 0.456 e. The number of anilines is 2. The third-order valence-corrected chi connectivity index (χ3v) is 4.05. The van der Waals surface area contributed by atoms with E-state index in [0.717, 1.165) is 22.3 Å². The molecule has 0 atom stereocenters. The number of nitrogen functional groups attached to an aromatic ring is 1. The average Bonchev–Trinajstić information content (AvgIpc) is 3.05. The molecule has 0 aliphatic heterocycles. The van der Waals surface area contributed by atoms with Crippen LogP contribution in [-0.2, 0) is 6.54 Å². The molecule has 6 nitrogen and oxygen atoms in total. The third-order valence-electron chi connectivity index (χ3n) is 3.83. The number of pyridine rings is 1.